The summed E-state index contributed by atoms with van der Waals surface area (Å²) in [5.41, 5.74) is 4.05. The van der Waals surface area contributed by atoms with E-state index in [9.17, 15) is 13.2 Å². The minimum absolute atomic E-state index is 0.0261. The number of carbonyl (C=O) groups excluding carboxylic acids is 1. The fourth-order valence-electron chi connectivity index (χ4n) is 6.44. The normalized spacial score (nSPS) is 23.9. The smallest absolute Gasteiger partial charge is 0.240 e. The molecule has 1 amide bonds. The predicted molar refractivity (Wildman–Crippen MR) is 154 cm³/mol. The lowest BCUT2D eigenvalue weighted by atomic mass is 9.85. The maximum Gasteiger partial charge on any atom is 0.240 e. The van der Waals surface area contributed by atoms with Crippen LogP contribution in [0.2, 0.25) is 0 Å². The van der Waals surface area contributed by atoms with Gasteiger partial charge in [-0.05, 0) is 73.8 Å². The molecular formula is C31H39N3O5S. The van der Waals surface area contributed by atoms with Gasteiger partial charge >= 0.3 is 0 Å². The van der Waals surface area contributed by atoms with Crippen LogP contribution in [-0.2, 0) is 37.9 Å². The molecule has 9 heteroatoms. The third kappa shape index (κ3) is 5.57. The zero-order chi connectivity index (χ0) is 27.9. The van der Waals surface area contributed by atoms with Crippen molar-refractivity contribution in [2.24, 2.45) is 18.9 Å². The number of aromatic nitrogens is 1. The van der Waals surface area contributed by atoms with E-state index in [1.165, 1.54) is 12.8 Å². The van der Waals surface area contributed by atoms with Crippen LogP contribution >= 0.6 is 0 Å². The number of rotatable bonds is 8. The molecule has 6 rings (SSSR count). The van der Waals surface area contributed by atoms with Gasteiger partial charge in [-0.25, -0.2) is 13.1 Å². The summed E-state index contributed by atoms with van der Waals surface area (Å²) < 4.78 is 42.6. The SMILES string of the molecule is COCc1ccc(-c2cc3ccc(S(=O)(=O)NC4CCC(C(=O)N5CCOCC5C5CC5)CC4)cc3n2C)cc1. The summed E-state index contributed by atoms with van der Waals surface area (Å²) >= 11 is 0. The van der Waals surface area contributed by atoms with E-state index in [0.717, 1.165) is 27.7 Å². The van der Waals surface area contributed by atoms with Crippen molar-refractivity contribution in [2.45, 2.75) is 62.1 Å². The Bertz CT molecular complexity index is 1470. The first kappa shape index (κ1) is 27.4. The molecule has 3 aromatic rings. The number of hydrogen-bond acceptors (Lipinski definition) is 5. The van der Waals surface area contributed by atoms with Gasteiger partial charge in [-0.1, -0.05) is 30.3 Å². The highest BCUT2D eigenvalue weighted by Crippen LogP contribution is 2.38. The summed E-state index contributed by atoms with van der Waals surface area (Å²) in [6.07, 6.45) is 5.13. The second kappa shape index (κ2) is 11.3. The molecule has 2 aromatic carbocycles. The standard InChI is InChI=1S/C31H39N3O5S/c1-33-28(22-5-3-21(4-6-22)19-38-2)17-25-11-14-27(18-29(25)33)40(36,37)32-26-12-9-24(10-13-26)31(35)34-15-16-39-20-30(34)23-7-8-23/h3-6,11,14,17-18,23-24,26,30,32H,7-10,12-13,15-16,19-20H2,1-2H3. The quantitative estimate of drug-likeness (QED) is 0.436. The Kier molecular flexibility index (Phi) is 7.74. The third-order valence-electron chi connectivity index (χ3n) is 8.90. The number of fused-ring (bicyclic) bond motifs is 1. The van der Waals surface area contributed by atoms with Crippen molar-refractivity contribution in [3.05, 3.63) is 54.1 Å². The van der Waals surface area contributed by atoms with Gasteiger partial charge in [-0.2, -0.15) is 0 Å². The van der Waals surface area contributed by atoms with Gasteiger partial charge < -0.3 is 18.9 Å². The Morgan fingerprint density at radius 3 is 2.48 bits per heavy atom. The number of nitrogens with zero attached hydrogens (tertiary/aromatic N) is 2. The van der Waals surface area contributed by atoms with Crippen molar-refractivity contribution < 1.29 is 22.7 Å². The van der Waals surface area contributed by atoms with E-state index in [-0.39, 0.29) is 28.8 Å². The van der Waals surface area contributed by atoms with Crippen LogP contribution in [-0.4, -0.2) is 62.7 Å². The van der Waals surface area contributed by atoms with Crippen LogP contribution in [0, 0.1) is 11.8 Å². The number of nitrogens with one attached hydrogen (secondary N) is 1. The van der Waals surface area contributed by atoms with E-state index in [4.69, 9.17) is 9.47 Å². The van der Waals surface area contributed by atoms with Gasteiger partial charge in [0.05, 0.1) is 30.8 Å². The van der Waals surface area contributed by atoms with Crippen LogP contribution < -0.4 is 4.72 Å². The number of morpholine rings is 1. The van der Waals surface area contributed by atoms with Crippen molar-refractivity contribution >= 4 is 26.8 Å². The van der Waals surface area contributed by atoms with Crippen LogP contribution in [0.5, 0.6) is 0 Å². The Hall–Kier alpha value is -2.72. The van der Waals surface area contributed by atoms with Gasteiger partial charge in [-0.3, -0.25) is 4.79 Å². The predicted octanol–water partition coefficient (Wildman–Crippen LogP) is 4.47. The van der Waals surface area contributed by atoms with Crippen molar-refractivity contribution in [1.29, 1.82) is 0 Å². The molecule has 1 atom stereocenters. The Labute approximate surface area is 236 Å². The largest absolute Gasteiger partial charge is 0.380 e. The Balaban J connectivity index is 1.11. The second-order valence-electron chi connectivity index (χ2n) is 11.6. The molecular weight excluding hydrogens is 526 g/mol. The van der Waals surface area contributed by atoms with Crippen LogP contribution in [0.3, 0.4) is 0 Å². The van der Waals surface area contributed by atoms with E-state index in [0.29, 0.717) is 58.0 Å². The average Bonchev–Trinajstić information content (AvgIpc) is 3.77. The molecule has 8 nitrogen and oxygen atoms in total. The number of amides is 1. The van der Waals surface area contributed by atoms with E-state index in [2.05, 4.69) is 27.8 Å². The molecule has 40 heavy (non-hydrogen) atoms. The molecule has 1 unspecified atom stereocenters. The highest BCUT2D eigenvalue weighted by atomic mass is 32.2. The highest BCUT2D eigenvalue weighted by Gasteiger charge is 2.41. The van der Waals surface area contributed by atoms with Crippen molar-refractivity contribution in [3.8, 4) is 11.3 Å². The molecule has 2 aliphatic carbocycles. The number of hydrogen-bond donors (Lipinski definition) is 1. The summed E-state index contributed by atoms with van der Waals surface area (Å²) in [4.78, 5) is 15.7. The maximum absolute atomic E-state index is 13.4. The van der Waals surface area contributed by atoms with E-state index < -0.39 is 10.0 Å². The molecule has 1 saturated heterocycles. The molecule has 214 valence electrons. The Morgan fingerprint density at radius 2 is 1.77 bits per heavy atom. The number of carbonyl (C=O) groups is 1. The molecule has 1 aliphatic heterocycles. The van der Waals surface area contributed by atoms with Gasteiger partial charge in [-0.15, -0.1) is 0 Å². The fraction of sp³-hybridized carbons (Fsp3) is 0.516. The fourth-order valence-corrected chi connectivity index (χ4v) is 7.77. The molecule has 3 aliphatic rings. The minimum Gasteiger partial charge on any atom is -0.380 e. The first-order valence-corrected chi connectivity index (χ1v) is 15.9. The van der Waals surface area contributed by atoms with Gasteiger partial charge in [0.25, 0.3) is 0 Å². The lowest BCUT2D eigenvalue weighted by Gasteiger charge is -2.39. The summed E-state index contributed by atoms with van der Waals surface area (Å²) in [5, 5.41) is 0.990. The first-order valence-electron chi connectivity index (χ1n) is 14.4. The molecule has 3 fully saturated rings. The number of benzene rings is 2. The molecule has 1 N–H and O–H groups in total. The van der Waals surface area contributed by atoms with Gasteiger partial charge in [0.2, 0.25) is 15.9 Å². The zero-order valence-corrected chi connectivity index (χ0v) is 24.2. The van der Waals surface area contributed by atoms with Crippen LogP contribution in [0.1, 0.15) is 44.1 Å². The van der Waals surface area contributed by atoms with E-state index in [1.807, 2.05) is 29.8 Å². The van der Waals surface area contributed by atoms with Crippen molar-refractivity contribution in [3.63, 3.8) is 0 Å². The monoisotopic (exact) mass is 565 g/mol. The van der Waals surface area contributed by atoms with Crippen molar-refractivity contribution in [1.82, 2.24) is 14.2 Å². The topological polar surface area (TPSA) is 89.9 Å². The van der Waals surface area contributed by atoms with E-state index >= 15 is 0 Å². The van der Waals surface area contributed by atoms with Gasteiger partial charge in [0, 0.05) is 49.3 Å². The Morgan fingerprint density at radius 1 is 1.02 bits per heavy atom. The van der Waals surface area contributed by atoms with Crippen LogP contribution in [0.15, 0.2) is 53.4 Å². The highest BCUT2D eigenvalue weighted by molar-refractivity contribution is 7.89. The third-order valence-corrected chi connectivity index (χ3v) is 10.4. The summed E-state index contributed by atoms with van der Waals surface area (Å²) in [6.45, 7) is 2.50. The zero-order valence-electron chi connectivity index (χ0n) is 23.3. The van der Waals surface area contributed by atoms with Gasteiger partial charge in [0.15, 0.2) is 0 Å². The average molecular weight is 566 g/mol. The van der Waals surface area contributed by atoms with Crippen molar-refractivity contribution in [2.75, 3.05) is 26.9 Å². The number of sulfonamides is 1. The maximum atomic E-state index is 13.4. The van der Waals surface area contributed by atoms with Crippen LogP contribution in [0.25, 0.3) is 22.2 Å². The summed E-state index contributed by atoms with van der Waals surface area (Å²) in [7, 11) is -0.0499. The summed E-state index contributed by atoms with van der Waals surface area (Å²) in [5.74, 6) is 0.799. The number of methoxy groups -OCH3 is 1. The van der Waals surface area contributed by atoms with E-state index in [1.54, 1.807) is 19.2 Å². The molecule has 0 bridgehead atoms. The lowest BCUT2D eigenvalue weighted by molar-refractivity contribution is -0.146. The number of aryl methyl sites for hydroxylation is 1. The lowest BCUT2D eigenvalue weighted by Crippen LogP contribution is -2.52. The molecule has 2 heterocycles. The summed E-state index contributed by atoms with van der Waals surface area (Å²) in [6, 6.07) is 15.7. The van der Waals surface area contributed by atoms with Gasteiger partial charge in [0.1, 0.15) is 0 Å². The molecule has 0 radical (unpaired) electrons. The van der Waals surface area contributed by atoms with Crippen LogP contribution in [0.4, 0.5) is 0 Å². The number of ether oxygens (including phenoxy) is 2. The molecule has 1 aromatic heterocycles. The second-order valence-corrected chi connectivity index (χ2v) is 13.3. The first-order chi connectivity index (χ1) is 19.3. The minimum atomic E-state index is -3.69. The molecule has 2 saturated carbocycles. The molecule has 0 spiro atoms.